The molecule has 21 heavy (non-hydrogen) atoms. The monoisotopic (exact) mass is 303 g/mol. The van der Waals surface area contributed by atoms with E-state index in [1.807, 2.05) is 0 Å². The van der Waals surface area contributed by atoms with E-state index in [2.05, 4.69) is 0 Å². The molecule has 0 atom stereocenters. The van der Waals surface area contributed by atoms with Crippen molar-refractivity contribution in [1.82, 2.24) is 0 Å². The van der Waals surface area contributed by atoms with Gasteiger partial charge in [-0.1, -0.05) is 0 Å². The van der Waals surface area contributed by atoms with Crippen LogP contribution >= 0.6 is 0 Å². The molecule has 0 unspecified atom stereocenters. The van der Waals surface area contributed by atoms with Gasteiger partial charge in [0.15, 0.2) is 12.4 Å². The van der Waals surface area contributed by atoms with Gasteiger partial charge in [0, 0.05) is 6.42 Å². The van der Waals surface area contributed by atoms with Crippen LogP contribution in [0.5, 0.6) is 5.75 Å². The van der Waals surface area contributed by atoms with Crippen molar-refractivity contribution >= 4 is 5.78 Å². The van der Waals surface area contributed by atoms with Gasteiger partial charge in [-0.15, -0.1) is 0 Å². The third kappa shape index (κ3) is 5.38. The lowest BCUT2D eigenvalue weighted by molar-refractivity contribution is -0.153. The van der Waals surface area contributed by atoms with Crippen LogP contribution in [0.3, 0.4) is 0 Å². The normalized spacial score (nSPS) is 12.4. The van der Waals surface area contributed by atoms with Crippen LogP contribution in [0, 0.1) is 13.8 Å². The minimum Gasteiger partial charge on any atom is -0.484 e. The third-order valence-corrected chi connectivity index (χ3v) is 3.13. The molecular formula is C15H20F3NO2. The SMILES string of the molecule is Cc1cc(OCC(F)(F)F)cc(C)c1CC(=O)C(C)(C)N. The van der Waals surface area contributed by atoms with E-state index in [1.165, 1.54) is 12.1 Å². The van der Waals surface area contributed by atoms with Crippen LogP contribution in [-0.2, 0) is 11.2 Å². The first-order valence-corrected chi connectivity index (χ1v) is 6.52. The number of nitrogens with two attached hydrogens (primary N) is 1. The number of rotatable bonds is 5. The number of benzene rings is 1. The summed E-state index contributed by atoms with van der Waals surface area (Å²) in [4.78, 5) is 12.0. The van der Waals surface area contributed by atoms with Crippen molar-refractivity contribution in [1.29, 1.82) is 0 Å². The predicted molar refractivity (Wildman–Crippen MR) is 74.4 cm³/mol. The summed E-state index contributed by atoms with van der Waals surface area (Å²) in [7, 11) is 0. The van der Waals surface area contributed by atoms with Crippen LogP contribution < -0.4 is 10.5 Å². The summed E-state index contributed by atoms with van der Waals surface area (Å²) in [6.07, 6.45) is -4.22. The number of carbonyl (C=O) groups is 1. The molecule has 0 aromatic heterocycles. The van der Waals surface area contributed by atoms with E-state index >= 15 is 0 Å². The third-order valence-electron chi connectivity index (χ3n) is 3.13. The Morgan fingerprint density at radius 3 is 2.05 bits per heavy atom. The summed E-state index contributed by atoms with van der Waals surface area (Å²) >= 11 is 0. The second-order valence-corrected chi connectivity index (χ2v) is 5.76. The Balaban J connectivity index is 2.93. The zero-order valence-electron chi connectivity index (χ0n) is 12.6. The van der Waals surface area contributed by atoms with Crippen molar-refractivity contribution in [2.45, 2.75) is 45.8 Å². The topological polar surface area (TPSA) is 52.3 Å². The van der Waals surface area contributed by atoms with E-state index in [9.17, 15) is 18.0 Å². The molecule has 0 heterocycles. The van der Waals surface area contributed by atoms with Gasteiger partial charge in [0.2, 0.25) is 0 Å². The molecule has 1 rings (SSSR count). The molecule has 0 aliphatic heterocycles. The Labute approximate surface area is 122 Å². The quantitative estimate of drug-likeness (QED) is 0.909. The summed E-state index contributed by atoms with van der Waals surface area (Å²) in [5.74, 6) is 0.0168. The minimum atomic E-state index is -4.37. The fraction of sp³-hybridized carbons (Fsp3) is 0.533. The molecule has 0 spiro atoms. The molecule has 118 valence electrons. The first-order chi connectivity index (χ1) is 9.40. The van der Waals surface area contributed by atoms with Gasteiger partial charge < -0.3 is 10.5 Å². The average molecular weight is 303 g/mol. The maximum atomic E-state index is 12.1. The molecule has 0 fully saturated rings. The van der Waals surface area contributed by atoms with Crippen LogP contribution in [0.4, 0.5) is 13.2 Å². The number of ether oxygens (including phenoxy) is 1. The van der Waals surface area contributed by atoms with Crippen molar-refractivity contribution in [2.24, 2.45) is 5.73 Å². The number of hydrogen-bond donors (Lipinski definition) is 1. The number of aryl methyl sites for hydroxylation is 2. The number of ketones is 1. The van der Waals surface area contributed by atoms with Gasteiger partial charge in [0.25, 0.3) is 0 Å². The summed E-state index contributed by atoms with van der Waals surface area (Å²) in [5, 5.41) is 0. The lowest BCUT2D eigenvalue weighted by Gasteiger charge is -2.19. The first-order valence-electron chi connectivity index (χ1n) is 6.52. The van der Waals surface area contributed by atoms with Crippen LogP contribution in [0.1, 0.15) is 30.5 Å². The molecule has 1 aromatic rings. The summed E-state index contributed by atoms with van der Waals surface area (Å²) < 4.78 is 41.1. The molecule has 0 saturated carbocycles. The zero-order valence-corrected chi connectivity index (χ0v) is 12.6. The van der Waals surface area contributed by atoms with Gasteiger partial charge in [-0.3, -0.25) is 4.79 Å². The number of carbonyl (C=O) groups excluding carboxylic acids is 1. The largest absolute Gasteiger partial charge is 0.484 e. The molecular weight excluding hydrogens is 283 g/mol. The lowest BCUT2D eigenvalue weighted by atomic mass is 9.90. The maximum absolute atomic E-state index is 12.1. The van der Waals surface area contributed by atoms with Gasteiger partial charge in [-0.25, -0.2) is 0 Å². The second kappa shape index (κ2) is 6.05. The van der Waals surface area contributed by atoms with Crippen molar-refractivity contribution in [3.8, 4) is 5.75 Å². The molecule has 0 aliphatic rings. The van der Waals surface area contributed by atoms with Gasteiger partial charge in [-0.05, 0) is 56.5 Å². The van der Waals surface area contributed by atoms with E-state index in [1.54, 1.807) is 27.7 Å². The van der Waals surface area contributed by atoms with Crippen LogP contribution in [0.2, 0.25) is 0 Å². The highest BCUT2D eigenvalue weighted by Crippen LogP contribution is 2.25. The average Bonchev–Trinajstić information content (AvgIpc) is 2.28. The number of Topliss-reactive ketones (excluding diaryl/α,β-unsaturated/α-hetero) is 1. The van der Waals surface area contributed by atoms with Gasteiger partial charge >= 0.3 is 6.18 Å². The Kier molecular flexibility index (Phi) is 5.04. The Bertz CT molecular complexity index is 508. The van der Waals surface area contributed by atoms with Crippen molar-refractivity contribution in [2.75, 3.05) is 6.61 Å². The number of alkyl halides is 3. The van der Waals surface area contributed by atoms with E-state index in [0.717, 1.165) is 5.56 Å². The van der Waals surface area contributed by atoms with Crippen LogP contribution in [-0.4, -0.2) is 24.1 Å². The zero-order chi connectivity index (χ0) is 16.4. The predicted octanol–water partition coefficient (Wildman–Crippen LogP) is 3.09. The molecule has 0 bridgehead atoms. The molecule has 0 saturated heterocycles. The highest BCUT2D eigenvalue weighted by Gasteiger charge is 2.28. The number of hydrogen-bond acceptors (Lipinski definition) is 3. The molecule has 0 radical (unpaired) electrons. The highest BCUT2D eigenvalue weighted by atomic mass is 19.4. The van der Waals surface area contributed by atoms with E-state index in [-0.39, 0.29) is 18.0 Å². The molecule has 0 amide bonds. The smallest absolute Gasteiger partial charge is 0.422 e. The van der Waals surface area contributed by atoms with Crippen molar-refractivity contribution < 1.29 is 22.7 Å². The van der Waals surface area contributed by atoms with E-state index < -0.39 is 18.3 Å². The molecule has 0 aliphatic carbocycles. The fourth-order valence-corrected chi connectivity index (χ4v) is 1.87. The standard InChI is InChI=1S/C15H20F3NO2/c1-9-5-11(21-8-15(16,17)18)6-10(2)12(9)7-13(20)14(3,4)19/h5-6H,7-8,19H2,1-4H3. The summed E-state index contributed by atoms with van der Waals surface area (Å²) in [6, 6.07) is 3.01. The Morgan fingerprint density at radius 1 is 1.19 bits per heavy atom. The Hall–Kier alpha value is -1.56. The van der Waals surface area contributed by atoms with Crippen molar-refractivity contribution in [3.63, 3.8) is 0 Å². The summed E-state index contributed by atoms with van der Waals surface area (Å²) in [5.41, 5.74) is 7.01. The van der Waals surface area contributed by atoms with E-state index in [0.29, 0.717) is 11.1 Å². The highest BCUT2D eigenvalue weighted by molar-refractivity contribution is 5.89. The molecule has 3 nitrogen and oxygen atoms in total. The maximum Gasteiger partial charge on any atom is 0.422 e. The van der Waals surface area contributed by atoms with Crippen LogP contribution in [0.15, 0.2) is 12.1 Å². The lowest BCUT2D eigenvalue weighted by Crippen LogP contribution is -2.42. The van der Waals surface area contributed by atoms with Crippen LogP contribution in [0.25, 0.3) is 0 Å². The molecule has 1 aromatic carbocycles. The summed E-state index contributed by atoms with van der Waals surface area (Å²) in [6.45, 7) is 5.39. The molecule has 6 heteroatoms. The Morgan fingerprint density at radius 2 is 1.67 bits per heavy atom. The molecule has 2 N–H and O–H groups in total. The van der Waals surface area contributed by atoms with Gasteiger partial charge in [0.1, 0.15) is 5.75 Å². The van der Waals surface area contributed by atoms with E-state index in [4.69, 9.17) is 10.5 Å². The number of halogens is 3. The van der Waals surface area contributed by atoms with Crippen molar-refractivity contribution in [3.05, 3.63) is 28.8 Å². The minimum absolute atomic E-state index is 0.127. The first kappa shape index (κ1) is 17.5. The van der Waals surface area contributed by atoms with Gasteiger partial charge in [0.05, 0.1) is 5.54 Å². The fourth-order valence-electron chi connectivity index (χ4n) is 1.87. The van der Waals surface area contributed by atoms with Gasteiger partial charge in [-0.2, -0.15) is 13.2 Å². The second-order valence-electron chi connectivity index (χ2n) is 5.76.